The van der Waals surface area contributed by atoms with Crippen molar-refractivity contribution in [3.05, 3.63) is 9.66 Å². The lowest BCUT2D eigenvalue weighted by Crippen LogP contribution is -1.88. The molecule has 0 bridgehead atoms. The summed E-state index contributed by atoms with van der Waals surface area (Å²) in [5.74, 6) is 0.261. The molecule has 0 aliphatic carbocycles. The Morgan fingerprint density at radius 1 is 1.21 bits per heavy atom. The first-order chi connectivity index (χ1) is 6.66. The molecule has 0 N–H and O–H groups in total. The van der Waals surface area contributed by atoms with Gasteiger partial charge in [0, 0.05) is 6.42 Å². The average Bonchev–Trinajstić information content (AvgIpc) is 2.10. The van der Waals surface area contributed by atoms with Gasteiger partial charge in [-0.15, -0.1) is 0 Å². The summed E-state index contributed by atoms with van der Waals surface area (Å²) in [5.41, 5.74) is 0. The van der Waals surface area contributed by atoms with Gasteiger partial charge in [-0.3, -0.25) is 4.79 Å². The molecule has 0 aromatic heterocycles. The number of halogens is 1. The fraction of sp³-hybridized carbons (Fsp3) is 0.750. The van der Waals surface area contributed by atoms with Gasteiger partial charge in [0.05, 0.1) is 0 Å². The smallest absolute Gasteiger partial charge is 0.134 e. The maximum absolute atomic E-state index is 10.8. The third-order valence-electron chi connectivity index (χ3n) is 2.09. The molecule has 0 aromatic carbocycles. The van der Waals surface area contributed by atoms with Crippen molar-refractivity contribution in [2.24, 2.45) is 0 Å². The molecule has 0 spiro atoms. The molecule has 0 unspecified atom stereocenters. The van der Waals surface area contributed by atoms with Crippen LogP contribution in [0, 0.1) is 0 Å². The Morgan fingerprint density at radius 3 is 2.43 bits per heavy atom. The Hall–Kier alpha value is 0.140. The molecule has 0 radical (unpaired) electrons. The van der Waals surface area contributed by atoms with Crippen LogP contribution in [-0.4, -0.2) is 5.78 Å². The van der Waals surface area contributed by atoms with Crippen LogP contribution in [0.5, 0.6) is 0 Å². The van der Waals surface area contributed by atoms with Gasteiger partial charge in [-0.05, 0) is 45.9 Å². The van der Waals surface area contributed by atoms with Gasteiger partial charge in [-0.25, -0.2) is 0 Å². The lowest BCUT2D eigenvalue weighted by atomic mass is 10.1. The first-order valence-corrected chi connectivity index (χ1v) is 6.58. The number of Topliss-reactive ketones (excluding diaryl/α,β-unsaturated/α-hetero) is 1. The Morgan fingerprint density at radius 2 is 1.86 bits per heavy atom. The van der Waals surface area contributed by atoms with E-state index in [1.807, 2.05) is 0 Å². The number of carbonyl (C=O) groups is 1. The largest absolute Gasteiger partial charge is 0.300 e. The van der Waals surface area contributed by atoms with E-state index < -0.39 is 0 Å². The SMILES string of the molecule is CCCCCCC/C=C(/I)CC(C)=O. The van der Waals surface area contributed by atoms with Crippen LogP contribution in [0.4, 0.5) is 0 Å². The molecule has 0 heterocycles. The molecule has 1 nitrogen and oxygen atoms in total. The molecule has 0 saturated heterocycles. The molecule has 0 amide bonds. The normalized spacial score (nSPS) is 11.8. The fourth-order valence-corrected chi connectivity index (χ4v) is 2.17. The third kappa shape index (κ3) is 10.2. The summed E-state index contributed by atoms with van der Waals surface area (Å²) in [6.45, 7) is 3.88. The van der Waals surface area contributed by atoms with Crippen LogP contribution >= 0.6 is 22.6 Å². The Labute approximate surface area is 101 Å². The van der Waals surface area contributed by atoms with E-state index in [2.05, 4.69) is 35.6 Å². The summed E-state index contributed by atoms with van der Waals surface area (Å²) in [6.07, 6.45) is 10.6. The lowest BCUT2D eigenvalue weighted by Gasteiger charge is -1.98. The fourth-order valence-electron chi connectivity index (χ4n) is 1.32. The maximum Gasteiger partial charge on any atom is 0.134 e. The van der Waals surface area contributed by atoms with E-state index in [0.29, 0.717) is 6.42 Å². The van der Waals surface area contributed by atoms with Gasteiger partial charge in [0.25, 0.3) is 0 Å². The van der Waals surface area contributed by atoms with E-state index in [1.54, 1.807) is 6.92 Å². The summed E-state index contributed by atoms with van der Waals surface area (Å²) < 4.78 is 1.20. The second-order valence-electron chi connectivity index (χ2n) is 3.73. The number of unbranched alkanes of at least 4 members (excludes halogenated alkanes) is 5. The highest BCUT2D eigenvalue weighted by Gasteiger charge is 1.96. The van der Waals surface area contributed by atoms with Crippen molar-refractivity contribution < 1.29 is 4.79 Å². The second kappa shape index (κ2) is 9.69. The number of rotatable bonds is 8. The summed E-state index contributed by atoms with van der Waals surface area (Å²) in [7, 11) is 0. The van der Waals surface area contributed by atoms with E-state index in [1.165, 1.54) is 35.7 Å². The quantitative estimate of drug-likeness (QED) is 0.471. The van der Waals surface area contributed by atoms with Gasteiger partial charge >= 0.3 is 0 Å². The van der Waals surface area contributed by atoms with Crippen LogP contribution in [0.15, 0.2) is 9.66 Å². The molecule has 14 heavy (non-hydrogen) atoms. The minimum atomic E-state index is 0.261. The van der Waals surface area contributed by atoms with Crippen molar-refractivity contribution in [2.45, 2.75) is 58.8 Å². The van der Waals surface area contributed by atoms with Gasteiger partial charge < -0.3 is 0 Å². The van der Waals surface area contributed by atoms with Crippen molar-refractivity contribution in [1.82, 2.24) is 0 Å². The topological polar surface area (TPSA) is 17.1 Å². The molecule has 2 heteroatoms. The van der Waals surface area contributed by atoms with Gasteiger partial charge in [0.2, 0.25) is 0 Å². The second-order valence-corrected chi connectivity index (χ2v) is 5.12. The zero-order valence-corrected chi connectivity index (χ0v) is 11.5. The Kier molecular flexibility index (Phi) is 9.78. The van der Waals surface area contributed by atoms with Crippen LogP contribution in [0.25, 0.3) is 0 Å². The number of hydrogen-bond donors (Lipinski definition) is 0. The Bertz CT molecular complexity index is 185. The van der Waals surface area contributed by atoms with Crippen LogP contribution in [0.3, 0.4) is 0 Å². The maximum atomic E-state index is 10.8. The number of allylic oxidation sites excluding steroid dienone is 2. The number of hydrogen-bond acceptors (Lipinski definition) is 1. The zero-order valence-electron chi connectivity index (χ0n) is 9.31. The molecule has 0 aromatic rings. The zero-order chi connectivity index (χ0) is 10.8. The van der Waals surface area contributed by atoms with E-state index in [9.17, 15) is 4.79 Å². The van der Waals surface area contributed by atoms with Gasteiger partial charge in [0.1, 0.15) is 5.78 Å². The molecule has 0 aliphatic heterocycles. The predicted octanol–water partition coefficient (Wildman–Crippen LogP) is 4.64. The Balaban J connectivity index is 3.36. The highest BCUT2D eigenvalue weighted by Crippen LogP contribution is 2.14. The summed E-state index contributed by atoms with van der Waals surface area (Å²) in [5, 5.41) is 0. The van der Waals surface area contributed by atoms with Crippen LogP contribution in [-0.2, 0) is 4.79 Å². The van der Waals surface area contributed by atoms with Crippen LogP contribution in [0.2, 0.25) is 0 Å². The summed E-state index contributed by atoms with van der Waals surface area (Å²) >= 11 is 2.27. The van der Waals surface area contributed by atoms with Crippen LogP contribution in [0.1, 0.15) is 58.8 Å². The molecular weight excluding hydrogens is 287 g/mol. The van der Waals surface area contributed by atoms with Crippen LogP contribution < -0.4 is 0 Å². The molecule has 0 fully saturated rings. The van der Waals surface area contributed by atoms with E-state index in [0.717, 1.165) is 6.42 Å². The first kappa shape index (κ1) is 14.1. The van der Waals surface area contributed by atoms with Gasteiger partial charge in [-0.2, -0.15) is 0 Å². The van der Waals surface area contributed by atoms with Gasteiger partial charge in [0.15, 0.2) is 0 Å². The van der Waals surface area contributed by atoms with Crippen molar-refractivity contribution in [3.8, 4) is 0 Å². The molecule has 0 aliphatic rings. The van der Waals surface area contributed by atoms with Crippen molar-refractivity contribution in [2.75, 3.05) is 0 Å². The molecule has 0 rings (SSSR count). The molecule has 0 saturated carbocycles. The molecular formula is C12H21IO. The number of ketones is 1. The number of carbonyl (C=O) groups excluding carboxylic acids is 1. The van der Waals surface area contributed by atoms with Gasteiger partial charge in [-0.1, -0.05) is 38.7 Å². The van der Waals surface area contributed by atoms with Crippen molar-refractivity contribution in [1.29, 1.82) is 0 Å². The van der Waals surface area contributed by atoms with Crippen molar-refractivity contribution >= 4 is 28.4 Å². The predicted molar refractivity (Wildman–Crippen MR) is 70.8 cm³/mol. The minimum Gasteiger partial charge on any atom is -0.300 e. The van der Waals surface area contributed by atoms with E-state index >= 15 is 0 Å². The lowest BCUT2D eigenvalue weighted by molar-refractivity contribution is -0.116. The van der Waals surface area contributed by atoms with E-state index in [-0.39, 0.29) is 5.78 Å². The monoisotopic (exact) mass is 308 g/mol. The third-order valence-corrected chi connectivity index (χ3v) is 2.91. The molecule has 82 valence electrons. The highest BCUT2D eigenvalue weighted by atomic mass is 127. The molecule has 0 atom stereocenters. The van der Waals surface area contributed by atoms with Crippen molar-refractivity contribution in [3.63, 3.8) is 0 Å². The standard InChI is InChI=1S/C12H21IO/c1-3-4-5-6-7-8-9-12(13)10-11(2)14/h9H,3-8,10H2,1-2H3/b12-9+. The average molecular weight is 308 g/mol. The summed E-state index contributed by atoms with van der Waals surface area (Å²) in [4.78, 5) is 10.8. The first-order valence-electron chi connectivity index (χ1n) is 5.50. The highest BCUT2D eigenvalue weighted by molar-refractivity contribution is 14.1. The minimum absolute atomic E-state index is 0.261. The van der Waals surface area contributed by atoms with E-state index in [4.69, 9.17) is 0 Å². The summed E-state index contributed by atoms with van der Waals surface area (Å²) in [6, 6.07) is 0.